The first-order chi connectivity index (χ1) is 11.4. The standard InChI is InChI=1S/C20H13NOS/c22-21-18-10-3-2-8-16(18)17-9-5-7-15-13-12-14-6-1-4-11-19(14)23-20(15)17/h1-13H. The molecule has 4 rings (SSSR count). The second-order valence-electron chi connectivity index (χ2n) is 5.31. The third kappa shape index (κ3) is 2.49. The summed E-state index contributed by atoms with van der Waals surface area (Å²) in [5, 5.41) is 3.19. The van der Waals surface area contributed by atoms with E-state index < -0.39 is 0 Å². The van der Waals surface area contributed by atoms with Crippen LogP contribution in [0.1, 0.15) is 11.1 Å². The molecule has 1 aliphatic heterocycles. The van der Waals surface area contributed by atoms with Gasteiger partial charge in [-0.1, -0.05) is 78.5 Å². The maximum Gasteiger partial charge on any atom is 0.115 e. The fourth-order valence-electron chi connectivity index (χ4n) is 2.79. The van der Waals surface area contributed by atoms with Crippen LogP contribution in [-0.4, -0.2) is 0 Å². The number of nitrogens with zero attached hydrogens (tertiary/aromatic N) is 1. The second kappa shape index (κ2) is 5.86. The molecule has 0 spiro atoms. The van der Waals surface area contributed by atoms with E-state index in [0.29, 0.717) is 5.69 Å². The smallest absolute Gasteiger partial charge is 0.115 e. The minimum absolute atomic E-state index is 0.475. The van der Waals surface area contributed by atoms with Crippen molar-refractivity contribution in [2.75, 3.05) is 0 Å². The van der Waals surface area contributed by atoms with Crippen LogP contribution in [0.25, 0.3) is 23.3 Å². The first-order valence-electron chi connectivity index (χ1n) is 7.37. The maximum absolute atomic E-state index is 11.2. The topological polar surface area (TPSA) is 29.4 Å². The van der Waals surface area contributed by atoms with E-state index >= 15 is 0 Å². The van der Waals surface area contributed by atoms with E-state index in [2.05, 4.69) is 41.6 Å². The average Bonchev–Trinajstić information content (AvgIpc) is 2.81. The molecule has 0 unspecified atom stereocenters. The van der Waals surface area contributed by atoms with Crippen LogP contribution in [0.2, 0.25) is 0 Å². The molecule has 0 saturated carbocycles. The molecule has 0 fully saturated rings. The molecule has 0 amide bonds. The number of fused-ring (bicyclic) bond motifs is 2. The van der Waals surface area contributed by atoms with Gasteiger partial charge in [0, 0.05) is 15.4 Å². The lowest BCUT2D eigenvalue weighted by Gasteiger charge is -2.13. The van der Waals surface area contributed by atoms with Gasteiger partial charge >= 0.3 is 0 Å². The summed E-state index contributed by atoms with van der Waals surface area (Å²) >= 11 is 1.74. The molecule has 1 aliphatic rings. The highest BCUT2D eigenvalue weighted by Crippen LogP contribution is 2.44. The molecule has 110 valence electrons. The summed E-state index contributed by atoms with van der Waals surface area (Å²) in [6.07, 6.45) is 4.27. The van der Waals surface area contributed by atoms with Crippen molar-refractivity contribution >= 4 is 29.6 Å². The lowest BCUT2D eigenvalue weighted by atomic mass is 10.0. The summed E-state index contributed by atoms with van der Waals surface area (Å²) in [7, 11) is 0. The Balaban J connectivity index is 1.94. The Morgan fingerprint density at radius 3 is 2.30 bits per heavy atom. The monoisotopic (exact) mass is 315 g/mol. The summed E-state index contributed by atoms with van der Waals surface area (Å²) < 4.78 is 0. The normalized spacial score (nSPS) is 12.2. The molecular formula is C20H13NOS. The Labute approximate surface area is 138 Å². The molecule has 23 heavy (non-hydrogen) atoms. The van der Waals surface area contributed by atoms with Crippen LogP contribution < -0.4 is 0 Å². The number of hydrogen-bond donors (Lipinski definition) is 0. The third-order valence-corrected chi connectivity index (χ3v) is 5.16. The van der Waals surface area contributed by atoms with Gasteiger partial charge in [0.2, 0.25) is 0 Å². The average molecular weight is 315 g/mol. The van der Waals surface area contributed by atoms with E-state index in [9.17, 15) is 4.91 Å². The van der Waals surface area contributed by atoms with Gasteiger partial charge < -0.3 is 0 Å². The zero-order valence-electron chi connectivity index (χ0n) is 12.3. The van der Waals surface area contributed by atoms with Gasteiger partial charge in [0.05, 0.1) is 0 Å². The van der Waals surface area contributed by atoms with Crippen LogP contribution in [0.15, 0.2) is 81.7 Å². The fourth-order valence-corrected chi connectivity index (χ4v) is 3.96. The number of benzene rings is 3. The second-order valence-corrected chi connectivity index (χ2v) is 6.36. The molecule has 0 bridgehead atoms. The molecule has 0 N–H and O–H groups in total. The molecule has 0 aliphatic carbocycles. The van der Waals surface area contributed by atoms with E-state index in [1.54, 1.807) is 17.8 Å². The van der Waals surface area contributed by atoms with Gasteiger partial charge in [-0.3, -0.25) is 0 Å². The highest BCUT2D eigenvalue weighted by molar-refractivity contribution is 7.99. The van der Waals surface area contributed by atoms with Crippen LogP contribution >= 0.6 is 11.8 Å². The fraction of sp³-hybridized carbons (Fsp3) is 0. The largest absolute Gasteiger partial charge is 0.145 e. The van der Waals surface area contributed by atoms with Gasteiger partial charge in [-0.15, -0.1) is 4.91 Å². The van der Waals surface area contributed by atoms with Crippen molar-refractivity contribution < 1.29 is 0 Å². The summed E-state index contributed by atoms with van der Waals surface area (Å²) in [6.45, 7) is 0. The first kappa shape index (κ1) is 14.0. The Kier molecular flexibility index (Phi) is 3.56. The molecular weight excluding hydrogens is 302 g/mol. The van der Waals surface area contributed by atoms with Crippen molar-refractivity contribution in [2.45, 2.75) is 9.79 Å². The van der Waals surface area contributed by atoms with Gasteiger partial charge in [0.25, 0.3) is 0 Å². The lowest BCUT2D eigenvalue weighted by Crippen LogP contribution is -1.87. The zero-order chi connectivity index (χ0) is 15.6. The van der Waals surface area contributed by atoms with Crippen LogP contribution in [0, 0.1) is 4.91 Å². The number of nitroso groups, excluding NO2 is 1. The van der Waals surface area contributed by atoms with Crippen molar-refractivity contribution in [2.24, 2.45) is 5.18 Å². The van der Waals surface area contributed by atoms with Crippen molar-refractivity contribution in [3.63, 3.8) is 0 Å². The summed E-state index contributed by atoms with van der Waals surface area (Å²) in [6, 6.07) is 22.0. The van der Waals surface area contributed by atoms with Gasteiger partial charge in [0.1, 0.15) is 5.69 Å². The molecule has 0 atom stereocenters. The minimum Gasteiger partial charge on any atom is -0.145 e. The van der Waals surface area contributed by atoms with Crippen LogP contribution in [0.3, 0.4) is 0 Å². The van der Waals surface area contributed by atoms with Gasteiger partial charge in [-0.2, -0.15) is 0 Å². The lowest BCUT2D eigenvalue weighted by molar-refractivity contribution is 1.37. The first-order valence-corrected chi connectivity index (χ1v) is 8.19. The Hall–Kier alpha value is -2.65. The van der Waals surface area contributed by atoms with Crippen LogP contribution in [0.4, 0.5) is 5.69 Å². The summed E-state index contributed by atoms with van der Waals surface area (Å²) in [5.41, 5.74) is 4.76. The molecule has 3 aromatic rings. The van der Waals surface area contributed by atoms with E-state index in [0.717, 1.165) is 21.6 Å². The molecule has 3 heteroatoms. The number of hydrogen-bond acceptors (Lipinski definition) is 3. The molecule has 0 aromatic heterocycles. The molecule has 1 heterocycles. The van der Waals surface area contributed by atoms with Gasteiger partial charge in [-0.25, -0.2) is 0 Å². The summed E-state index contributed by atoms with van der Waals surface area (Å²) in [4.78, 5) is 13.5. The third-order valence-electron chi connectivity index (χ3n) is 3.91. The highest BCUT2D eigenvalue weighted by atomic mass is 32.2. The van der Waals surface area contributed by atoms with Crippen molar-refractivity contribution in [1.29, 1.82) is 0 Å². The van der Waals surface area contributed by atoms with Gasteiger partial charge in [-0.05, 0) is 34.0 Å². The minimum atomic E-state index is 0.475. The summed E-state index contributed by atoms with van der Waals surface area (Å²) in [5.74, 6) is 0. The predicted octanol–water partition coefficient (Wildman–Crippen LogP) is 6.39. The zero-order valence-corrected chi connectivity index (χ0v) is 13.1. The van der Waals surface area contributed by atoms with Crippen molar-refractivity contribution in [1.82, 2.24) is 0 Å². The highest BCUT2D eigenvalue weighted by Gasteiger charge is 2.16. The maximum atomic E-state index is 11.2. The SMILES string of the molecule is O=Nc1ccccc1-c1cccc2c1Sc1ccccc1C=C2. The van der Waals surface area contributed by atoms with Crippen molar-refractivity contribution in [3.8, 4) is 11.1 Å². The van der Waals surface area contributed by atoms with Gasteiger partial charge in [0.15, 0.2) is 0 Å². The molecule has 3 aromatic carbocycles. The molecule has 0 radical (unpaired) electrons. The predicted molar refractivity (Wildman–Crippen MR) is 96.8 cm³/mol. The van der Waals surface area contributed by atoms with E-state index in [1.165, 1.54) is 10.5 Å². The Morgan fingerprint density at radius 1 is 0.696 bits per heavy atom. The molecule has 0 saturated heterocycles. The Bertz CT molecular complexity index is 930. The molecule has 2 nitrogen and oxygen atoms in total. The van der Waals surface area contributed by atoms with Crippen molar-refractivity contribution in [3.05, 3.63) is 82.8 Å². The van der Waals surface area contributed by atoms with E-state index in [1.807, 2.05) is 36.4 Å². The number of rotatable bonds is 2. The Morgan fingerprint density at radius 2 is 1.39 bits per heavy atom. The van der Waals surface area contributed by atoms with Crippen LogP contribution in [0.5, 0.6) is 0 Å². The van der Waals surface area contributed by atoms with E-state index in [4.69, 9.17) is 0 Å². The van der Waals surface area contributed by atoms with Crippen LogP contribution in [-0.2, 0) is 0 Å². The van der Waals surface area contributed by atoms with E-state index in [-0.39, 0.29) is 0 Å². The quantitative estimate of drug-likeness (QED) is 0.401.